The Morgan fingerprint density at radius 2 is 1.94 bits per heavy atom. The van der Waals surface area contributed by atoms with Gasteiger partial charge in [0.15, 0.2) is 0 Å². The Morgan fingerprint density at radius 1 is 1.28 bits per heavy atom. The van der Waals surface area contributed by atoms with Crippen molar-refractivity contribution >= 4 is 15.9 Å². The van der Waals surface area contributed by atoms with Gasteiger partial charge in [-0.3, -0.25) is 14.5 Å². The second kappa shape index (κ2) is 9.06. The Labute approximate surface area is 189 Å². The molecule has 1 aromatic carbocycles. The van der Waals surface area contributed by atoms with Gasteiger partial charge >= 0.3 is 6.17 Å². The van der Waals surface area contributed by atoms with Crippen LogP contribution in [0.4, 0.5) is 8.78 Å². The molecule has 0 radical (unpaired) electrons. The van der Waals surface area contributed by atoms with E-state index in [2.05, 4.69) is 30.3 Å². The van der Waals surface area contributed by atoms with Gasteiger partial charge in [0.2, 0.25) is 15.9 Å². The van der Waals surface area contributed by atoms with E-state index in [1.807, 2.05) is 0 Å². The number of likely N-dealkylation sites (tertiary alicyclic amines) is 1. The second-order valence-electron chi connectivity index (χ2n) is 9.81. The highest BCUT2D eigenvalue weighted by Gasteiger charge is 2.51. The smallest absolute Gasteiger partial charge is 0.289 e. The topological polar surface area (TPSA) is 70.8 Å². The van der Waals surface area contributed by atoms with Gasteiger partial charge in [-0.1, -0.05) is 20.8 Å². The Kier molecular flexibility index (Phi) is 6.97. The molecule has 176 valence electrons. The number of halogens is 2. The number of carbonyl (C=O) groups excluding carboxylic acids is 1. The van der Waals surface area contributed by atoms with Crippen molar-refractivity contribution in [3.8, 4) is 0 Å². The largest absolute Gasteiger partial charge is 0.303 e. The zero-order valence-corrected chi connectivity index (χ0v) is 19.6. The van der Waals surface area contributed by atoms with E-state index in [0.717, 1.165) is 25.0 Å². The quantitative estimate of drug-likeness (QED) is 0.613. The zero-order chi connectivity index (χ0) is 23.7. The summed E-state index contributed by atoms with van der Waals surface area (Å²) in [7, 11) is -3.74. The molecular weight excluding hydrogens is 436 g/mol. The molecule has 1 N–H and O–H groups in total. The predicted molar refractivity (Wildman–Crippen MR) is 117 cm³/mol. The molecule has 4 atom stereocenters. The first-order chi connectivity index (χ1) is 14.9. The van der Waals surface area contributed by atoms with Gasteiger partial charge in [0.1, 0.15) is 12.0 Å². The van der Waals surface area contributed by atoms with E-state index in [1.54, 1.807) is 0 Å². The van der Waals surface area contributed by atoms with Gasteiger partial charge in [0.25, 0.3) is 0 Å². The van der Waals surface area contributed by atoms with E-state index >= 15 is 0 Å². The summed E-state index contributed by atoms with van der Waals surface area (Å²) in [5.41, 5.74) is -0.442. The molecule has 1 amide bonds. The van der Waals surface area contributed by atoms with E-state index in [1.165, 1.54) is 17.0 Å². The normalized spacial score (nSPS) is 29.8. The molecule has 3 rings (SSSR count). The van der Waals surface area contributed by atoms with Crippen LogP contribution in [0.15, 0.2) is 29.2 Å². The number of sulfonamides is 1. The fraction of sp³-hybridized carbons (Fsp3) is 0.652. The molecule has 1 aromatic rings. The van der Waals surface area contributed by atoms with E-state index < -0.39 is 28.2 Å². The molecule has 0 aromatic heterocycles. The summed E-state index contributed by atoms with van der Waals surface area (Å²) >= 11 is 0. The molecule has 6 nitrogen and oxygen atoms in total. The van der Waals surface area contributed by atoms with Crippen molar-refractivity contribution in [2.45, 2.75) is 70.1 Å². The van der Waals surface area contributed by atoms with Gasteiger partial charge < -0.3 is 0 Å². The van der Waals surface area contributed by atoms with Crippen LogP contribution in [0.25, 0.3) is 4.85 Å². The number of nitrogens with zero attached hydrogens (tertiary/aromatic N) is 2. The number of carbonyl (C=O) groups is 1. The van der Waals surface area contributed by atoms with Gasteiger partial charge in [0.05, 0.1) is 17.9 Å². The molecule has 32 heavy (non-hydrogen) atoms. The van der Waals surface area contributed by atoms with E-state index in [4.69, 9.17) is 6.57 Å². The van der Waals surface area contributed by atoms with E-state index in [-0.39, 0.29) is 53.5 Å². The maximum atomic E-state index is 13.7. The third kappa shape index (κ3) is 4.81. The van der Waals surface area contributed by atoms with Crippen LogP contribution in [0.3, 0.4) is 0 Å². The highest BCUT2D eigenvalue weighted by atomic mass is 32.2. The maximum absolute atomic E-state index is 13.7. The van der Waals surface area contributed by atoms with Gasteiger partial charge in [-0.05, 0) is 60.3 Å². The fourth-order valence-corrected chi connectivity index (χ4v) is 6.14. The first kappa shape index (κ1) is 24.6. The number of rotatable bonds is 7. The first-order valence-corrected chi connectivity index (χ1v) is 12.4. The van der Waals surface area contributed by atoms with Crippen molar-refractivity contribution in [2.75, 3.05) is 13.1 Å². The van der Waals surface area contributed by atoms with Crippen LogP contribution in [0, 0.1) is 29.1 Å². The highest BCUT2D eigenvalue weighted by molar-refractivity contribution is 7.89. The average molecular weight is 468 g/mol. The number of alkyl halides is 1. The van der Waals surface area contributed by atoms with Gasteiger partial charge in [-0.2, -0.15) is 0 Å². The first-order valence-electron chi connectivity index (χ1n) is 10.9. The summed E-state index contributed by atoms with van der Waals surface area (Å²) < 4.78 is 54.6. The molecule has 1 saturated heterocycles. The Balaban J connectivity index is 1.61. The van der Waals surface area contributed by atoms with Gasteiger partial charge in [-0.15, -0.1) is 0 Å². The van der Waals surface area contributed by atoms with Gasteiger partial charge in [-0.25, -0.2) is 28.5 Å². The second-order valence-corrected chi connectivity index (χ2v) is 11.6. The van der Waals surface area contributed by atoms with Crippen molar-refractivity contribution in [1.82, 2.24) is 9.62 Å². The SMILES string of the molecule is [C-]#[N+][C@@H]1C[C@H](F)CN1C(=O)CC[C@]1(C)CC[C@H](CNS(=O)(=O)c2ccc(F)cc2)C1(C)C. The lowest BCUT2D eigenvalue weighted by molar-refractivity contribution is -0.132. The molecule has 0 spiro atoms. The molecule has 9 heteroatoms. The molecule has 1 saturated carbocycles. The number of amides is 1. The Morgan fingerprint density at radius 3 is 2.56 bits per heavy atom. The molecule has 2 aliphatic rings. The summed E-state index contributed by atoms with van der Waals surface area (Å²) in [6.07, 6.45) is 0.711. The molecule has 0 unspecified atom stereocenters. The lowest BCUT2D eigenvalue weighted by Crippen LogP contribution is -2.41. The van der Waals surface area contributed by atoms with E-state index in [9.17, 15) is 22.0 Å². The number of hydrogen-bond donors (Lipinski definition) is 1. The van der Waals surface area contributed by atoms with Crippen LogP contribution in [0.5, 0.6) is 0 Å². The van der Waals surface area contributed by atoms with Crippen LogP contribution in [0.2, 0.25) is 0 Å². The molecule has 1 aliphatic heterocycles. The minimum Gasteiger partial charge on any atom is -0.289 e. The Hall–Kier alpha value is -2.05. The van der Waals surface area contributed by atoms with Crippen LogP contribution in [-0.4, -0.2) is 44.7 Å². The molecule has 2 fully saturated rings. The molecule has 1 aliphatic carbocycles. The van der Waals surface area contributed by atoms with Crippen molar-refractivity contribution in [3.63, 3.8) is 0 Å². The standard InChI is InChI=1S/C23H31F2N3O3S/c1-22(2)16(14-27-32(30,31)19-7-5-17(24)6-8-19)9-11-23(22,3)12-10-21(29)28-15-18(25)13-20(28)26-4/h5-8,16,18,20,27H,9-15H2,1-3H3/t16-,18+,20+,23+/m1/s1. The van der Waals surface area contributed by atoms with Crippen LogP contribution in [-0.2, 0) is 14.8 Å². The molecule has 0 bridgehead atoms. The number of benzene rings is 1. The van der Waals surface area contributed by atoms with Crippen LogP contribution in [0.1, 0.15) is 52.9 Å². The third-order valence-electron chi connectivity index (χ3n) is 7.85. The predicted octanol–water partition coefficient (Wildman–Crippen LogP) is 4.14. The lowest BCUT2D eigenvalue weighted by atomic mass is 9.63. The lowest BCUT2D eigenvalue weighted by Gasteiger charge is -2.42. The van der Waals surface area contributed by atoms with E-state index in [0.29, 0.717) is 6.42 Å². The average Bonchev–Trinajstić information content (AvgIpc) is 3.22. The van der Waals surface area contributed by atoms with Crippen molar-refractivity contribution < 1.29 is 22.0 Å². The minimum atomic E-state index is -3.74. The van der Waals surface area contributed by atoms with Crippen LogP contribution < -0.4 is 4.72 Å². The monoisotopic (exact) mass is 467 g/mol. The summed E-state index contributed by atoms with van der Waals surface area (Å²) in [6.45, 7) is 13.7. The summed E-state index contributed by atoms with van der Waals surface area (Å²) in [4.78, 5) is 17.5. The summed E-state index contributed by atoms with van der Waals surface area (Å²) in [5, 5.41) is 0. The summed E-state index contributed by atoms with van der Waals surface area (Å²) in [6, 6.07) is 4.71. The fourth-order valence-electron chi connectivity index (χ4n) is 5.06. The minimum absolute atomic E-state index is 0.0141. The number of hydrogen-bond acceptors (Lipinski definition) is 3. The highest BCUT2D eigenvalue weighted by Crippen LogP contribution is 2.58. The zero-order valence-electron chi connectivity index (χ0n) is 18.8. The van der Waals surface area contributed by atoms with Crippen LogP contribution >= 0.6 is 0 Å². The van der Waals surface area contributed by atoms with Crippen molar-refractivity contribution in [2.24, 2.45) is 16.7 Å². The number of nitrogens with one attached hydrogen (secondary N) is 1. The maximum Gasteiger partial charge on any atom is 0.303 e. The Bertz CT molecular complexity index is 991. The third-order valence-corrected chi connectivity index (χ3v) is 9.29. The van der Waals surface area contributed by atoms with Crippen molar-refractivity contribution in [3.05, 3.63) is 41.5 Å². The molecule has 1 heterocycles. The van der Waals surface area contributed by atoms with Crippen molar-refractivity contribution in [1.29, 1.82) is 0 Å². The summed E-state index contributed by atoms with van der Waals surface area (Å²) in [5.74, 6) is -0.621. The van der Waals surface area contributed by atoms with Gasteiger partial charge in [0, 0.05) is 13.0 Å². The molecular formula is C23H31F2N3O3S.